The lowest BCUT2D eigenvalue weighted by Gasteiger charge is -2.35. The smallest absolute Gasteiger partial charge is 0.258 e. The zero-order valence-corrected chi connectivity index (χ0v) is 19.8. The van der Waals surface area contributed by atoms with Crippen molar-refractivity contribution in [3.63, 3.8) is 0 Å². The zero-order valence-electron chi connectivity index (χ0n) is 19.8. The second kappa shape index (κ2) is 11.4. The molecule has 0 atom stereocenters. The molecule has 1 amide bonds. The van der Waals surface area contributed by atoms with Gasteiger partial charge in [-0.25, -0.2) is 4.98 Å². The molecule has 0 spiro atoms. The van der Waals surface area contributed by atoms with E-state index in [0.29, 0.717) is 29.0 Å². The third-order valence-electron chi connectivity index (χ3n) is 6.16. The van der Waals surface area contributed by atoms with Crippen LogP contribution in [0.5, 0.6) is 0 Å². The Balaban J connectivity index is 1.78. The number of allylic oxidation sites excluding steroid dienone is 2. The molecule has 33 heavy (non-hydrogen) atoms. The normalized spacial score (nSPS) is 14.9. The molecule has 1 aromatic heterocycles. The van der Waals surface area contributed by atoms with Gasteiger partial charge in [-0.3, -0.25) is 4.79 Å². The Kier molecular flexibility index (Phi) is 8.39. The number of hydrogen-bond donors (Lipinski definition) is 2. The Morgan fingerprint density at radius 1 is 1.27 bits per heavy atom. The van der Waals surface area contributed by atoms with Gasteiger partial charge in [-0.15, -0.1) is 0 Å². The summed E-state index contributed by atoms with van der Waals surface area (Å²) in [5, 5.41) is 15.2. The van der Waals surface area contributed by atoms with Crippen molar-refractivity contribution in [2.75, 3.05) is 23.7 Å². The summed E-state index contributed by atoms with van der Waals surface area (Å²) in [7, 11) is 0. The van der Waals surface area contributed by atoms with Gasteiger partial charge in [-0.1, -0.05) is 25.6 Å². The second-order valence-corrected chi connectivity index (χ2v) is 8.68. The number of nitrogens with zero attached hydrogens (tertiary/aromatic N) is 3. The van der Waals surface area contributed by atoms with E-state index in [0.717, 1.165) is 49.2 Å². The molecule has 2 heterocycles. The lowest BCUT2D eigenvalue weighted by molar-refractivity contribution is 0.102. The van der Waals surface area contributed by atoms with Crippen molar-refractivity contribution in [2.45, 2.75) is 46.1 Å². The van der Waals surface area contributed by atoms with Crippen LogP contribution in [0.1, 0.15) is 55.1 Å². The number of amides is 1. The van der Waals surface area contributed by atoms with E-state index in [-0.39, 0.29) is 5.91 Å². The lowest BCUT2D eigenvalue weighted by Crippen LogP contribution is -2.39. The molecule has 1 saturated heterocycles. The monoisotopic (exact) mass is 443 g/mol. The average molecular weight is 444 g/mol. The van der Waals surface area contributed by atoms with Crippen molar-refractivity contribution in [3.05, 3.63) is 71.6 Å². The Morgan fingerprint density at radius 3 is 2.64 bits per heavy atom. The number of likely N-dealkylation sites (tertiary alicyclic amines) is 1. The summed E-state index contributed by atoms with van der Waals surface area (Å²) >= 11 is 0. The van der Waals surface area contributed by atoms with E-state index in [2.05, 4.69) is 47.9 Å². The molecular formula is C27H33N5O. The number of pyridine rings is 1. The zero-order chi connectivity index (χ0) is 23.8. The number of anilines is 2. The number of aromatic nitrogens is 1. The quantitative estimate of drug-likeness (QED) is 0.528. The number of nitrogens with one attached hydrogen (secondary N) is 2. The van der Waals surface area contributed by atoms with Crippen LogP contribution in [-0.4, -0.2) is 34.9 Å². The third kappa shape index (κ3) is 6.53. The van der Waals surface area contributed by atoms with Crippen LogP contribution in [0.2, 0.25) is 0 Å². The van der Waals surface area contributed by atoms with Crippen LogP contribution < -0.4 is 10.6 Å². The van der Waals surface area contributed by atoms with Gasteiger partial charge in [0, 0.05) is 29.9 Å². The van der Waals surface area contributed by atoms with Crippen molar-refractivity contribution in [2.24, 2.45) is 5.92 Å². The van der Waals surface area contributed by atoms with Gasteiger partial charge in [-0.05, 0) is 81.6 Å². The van der Waals surface area contributed by atoms with Crippen molar-refractivity contribution in [1.29, 1.82) is 5.26 Å². The molecule has 0 radical (unpaired) electrons. The summed E-state index contributed by atoms with van der Waals surface area (Å²) in [4.78, 5) is 20.0. The van der Waals surface area contributed by atoms with E-state index < -0.39 is 0 Å². The van der Waals surface area contributed by atoms with Crippen molar-refractivity contribution < 1.29 is 4.79 Å². The Bertz CT molecular complexity index is 1040. The molecule has 6 heteroatoms. The fourth-order valence-corrected chi connectivity index (χ4v) is 4.03. The first-order valence-electron chi connectivity index (χ1n) is 11.6. The van der Waals surface area contributed by atoms with Crippen LogP contribution in [0.3, 0.4) is 0 Å². The number of carbonyl (C=O) groups excluding carboxylic acids is 1. The lowest BCUT2D eigenvalue weighted by atomic mass is 9.93. The van der Waals surface area contributed by atoms with Crippen LogP contribution >= 0.6 is 0 Å². The summed E-state index contributed by atoms with van der Waals surface area (Å²) in [6.07, 6.45) is 7.83. The average Bonchev–Trinajstić information content (AvgIpc) is 2.83. The molecule has 2 aromatic rings. The number of piperidine rings is 1. The molecule has 0 unspecified atom stereocenters. The predicted octanol–water partition coefficient (Wildman–Crippen LogP) is 5.48. The highest BCUT2D eigenvalue weighted by Crippen LogP contribution is 2.28. The molecule has 1 aliphatic rings. The Labute approximate surface area is 197 Å². The van der Waals surface area contributed by atoms with E-state index in [9.17, 15) is 4.79 Å². The third-order valence-corrected chi connectivity index (χ3v) is 6.16. The van der Waals surface area contributed by atoms with E-state index in [1.807, 2.05) is 30.3 Å². The van der Waals surface area contributed by atoms with E-state index in [1.54, 1.807) is 18.3 Å². The van der Waals surface area contributed by atoms with Crippen molar-refractivity contribution >= 4 is 23.5 Å². The second-order valence-electron chi connectivity index (χ2n) is 8.68. The molecule has 3 rings (SSSR count). The fraction of sp³-hybridized carbons (Fsp3) is 0.370. The summed E-state index contributed by atoms with van der Waals surface area (Å²) in [5.74, 6) is 0.599. The molecule has 0 aliphatic carbocycles. The maximum absolute atomic E-state index is 13.2. The minimum absolute atomic E-state index is 0.260. The molecule has 6 nitrogen and oxygen atoms in total. The summed E-state index contributed by atoms with van der Waals surface area (Å²) in [6.45, 7) is 12.9. The molecule has 172 valence electrons. The molecule has 1 aromatic carbocycles. The summed E-state index contributed by atoms with van der Waals surface area (Å²) in [5.41, 5.74) is 4.00. The van der Waals surface area contributed by atoms with Gasteiger partial charge >= 0.3 is 0 Å². The van der Waals surface area contributed by atoms with E-state index in [4.69, 9.17) is 5.26 Å². The molecular weight excluding hydrogens is 410 g/mol. The van der Waals surface area contributed by atoms with E-state index in [1.165, 1.54) is 6.08 Å². The molecule has 1 fully saturated rings. The van der Waals surface area contributed by atoms with Gasteiger partial charge in [0.05, 0.1) is 17.3 Å². The highest BCUT2D eigenvalue weighted by Gasteiger charge is 2.23. The minimum Gasteiger partial charge on any atom is -0.359 e. The molecule has 2 N–H and O–H groups in total. The van der Waals surface area contributed by atoms with Gasteiger partial charge in [0.15, 0.2) is 0 Å². The van der Waals surface area contributed by atoms with Gasteiger partial charge in [0.2, 0.25) is 0 Å². The van der Waals surface area contributed by atoms with Gasteiger partial charge < -0.3 is 15.5 Å². The molecule has 1 aliphatic heterocycles. The highest BCUT2D eigenvalue weighted by molar-refractivity contribution is 6.08. The standard InChI is InChI=1S/C27H33N5O/c1-5-21-9-11-26(29-18-21)31-27(33)24-17-22(7-6-14-28)8-10-25(24)30-20(4)23-12-15-32(16-13-23)19(2)3/h6-11,17-19,23,30H,4-5,12-13,15-16H2,1-3H3,(H,29,31,33)/b7-6-. The van der Waals surface area contributed by atoms with Crippen molar-refractivity contribution in [1.82, 2.24) is 9.88 Å². The fourth-order valence-electron chi connectivity index (χ4n) is 4.03. The van der Waals surface area contributed by atoms with E-state index >= 15 is 0 Å². The maximum atomic E-state index is 13.2. The van der Waals surface area contributed by atoms with Crippen molar-refractivity contribution in [3.8, 4) is 6.07 Å². The number of nitriles is 1. The number of benzene rings is 1. The van der Waals surface area contributed by atoms with Crippen LogP contribution in [0.4, 0.5) is 11.5 Å². The van der Waals surface area contributed by atoms with Gasteiger partial charge in [0.1, 0.15) is 5.82 Å². The van der Waals surface area contributed by atoms with Gasteiger partial charge in [-0.2, -0.15) is 5.26 Å². The molecule has 0 saturated carbocycles. The number of aryl methyl sites for hydroxylation is 1. The van der Waals surface area contributed by atoms with Crippen LogP contribution in [-0.2, 0) is 6.42 Å². The topological polar surface area (TPSA) is 81.0 Å². The highest BCUT2D eigenvalue weighted by atomic mass is 16.1. The molecule has 0 bridgehead atoms. The largest absolute Gasteiger partial charge is 0.359 e. The summed E-state index contributed by atoms with van der Waals surface area (Å²) < 4.78 is 0. The van der Waals surface area contributed by atoms with Crippen LogP contribution in [0.25, 0.3) is 6.08 Å². The Hall–Kier alpha value is -3.43. The minimum atomic E-state index is -0.260. The number of hydrogen-bond acceptors (Lipinski definition) is 5. The first-order valence-corrected chi connectivity index (χ1v) is 11.6. The Morgan fingerprint density at radius 2 is 2.03 bits per heavy atom. The van der Waals surface area contributed by atoms with Crippen LogP contribution in [0.15, 0.2) is 54.9 Å². The maximum Gasteiger partial charge on any atom is 0.258 e. The summed E-state index contributed by atoms with van der Waals surface area (Å²) in [6, 6.07) is 11.8. The van der Waals surface area contributed by atoms with Crippen LogP contribution in [0, 0.1) is 17.2 Å². The predicted molar refractivity (Wildman–Crippen MR) is 135 cm³/mol. The number of rotatable bonds is 8. The first kappa shape index (κ1) is 24.2. The number of carbonyl (C=O) groups is 1. The first-order chi connectivity index (χ1) is 15.9. The SMILES string of the molecule is C=C(Nc1ccc(/C=C\C#N)cc1C(=O)Nc1ccc(CC)cn1)C1CCN(C(C)C)CC1. The van der Waals surface area contributed by atoms with Gasteiger partial charge in [0.25, 0.3) is 5.91 Å².